The number of methoxy groups -OCH3 is 1. The Morgan fingerprint density at radius 1 is 1.15 bits per heavy atom. The summed E-state index contributed by atoms with van der Waals surface area (Å²) in [6.45, 7) is 4.00. The predicted octanol–water partition coefficient (Wildman–Crippen LogP) is 6.28. The van der Waals surface area contributed by atoms with Crippen LogP contribution in [0.25, 0.3) is 10.9 Å². The van der Waals surface area contributed by atoms with Gasteiger partial charge in [-0.05, 0) is 66.5 Å². The molecule has 0 amide bonds. The van der Waals surface area contributed by atoms with Crippen molar-refractivity contribution in [3.8, 4) is 5.75 Å². The normalized spacial score (nSPS) is 14.3. The molecule has 0 unspecified atom stereocenters. The second-order valence-corrected chi connectivity index (χ2v) is 9.67. The molecule has 6 nitrogen and oxygen atoms in total. The Bertz CT molecular complexity index is 1370. The van der Waals surface area contributed by atoms with Gasteiger partial charge in [0.25, 0.3) is 0 Å². The smallest absolute Gasteiger partial charge is 0.340 e. The Hall–Kier alpha value is -3.36. The fourth-order valence-corrected chi connectivity index (χ4v) is 5.52. The number of aromatic nitrogens is 1. The minimum atomic E-state index is -0.403. The third kappa shape index (κ3) is 4.64. The summed E-state index contributed by atoms with van der Waals surface area (Å²) in [6, 6.07) is 19.6. The summed E-state index contributed by atoms with van der Waals surface area (Å²) >= 11 is 3.24. The number of thioether (sulfide) groups is 1. The number of fused-ring (bicyclic) bond motifs is 2. The second kappa shape index (κ2) is 9.87. The van der Waals surface area contributed by atoms with E-state index >= 15 is 0 Å². The molecule has 5 rings (SSSR count). The number of esters is 1. The van der Waals surface area contributed by atoms with E-state index in [0.717, 1.165) is 39.0 Å². The van der Waals surface area contributed by atoms with Crippen molar-refractivity contribution in [2.75, 3.05) is 13.7 Å². The van der Waals surface area contributed by atoms with Gasteiger partial charge in [-0.1, -0.05) is 18.2 Å². The zero-order chi connectivity index (χ0) is 23.5. The average molecular weight is 490 g/mol. The van der Waals surface area contributed by atoms with E-state index in [1.165, 1.54) is 23.7 Å². The predicted molar refractivity (Wildman–Crippen MR) is 137 cm³/mol. The summed E-state index contributed by atoms with van der Waals surface area (Å²) in [7, 11) is 1.38. The standard InChI is InChI=1S/C26H23N3O3S2/c1-3-32-19-10-11-22-17(14-19)13-18-15-29(16-20-7-6-12-33-20)26(34-24(18)27-22)28-23-9-5-4-8-21(23)25(30)31-2/h4-14H,3,15-16H2,1-2H3. The highest BCUT2D eigenvalue weighted by Crippen LogP contribution is 2.36. The van der Waals surface area contributed by atoms with Crippen molar-refractivity contribution in [2.45, 2.75) is 25.0 Å². The SMILES string of the molecule is CCOc1ccc2nc3c(cc2c1)CN(Cc1cccs1)C(=Nc1ccccc1C(=O)OC)S3. The van der Waals surface area contributed by atoms with Gasteiger partial charge in [0, 0.05) is 22.4 Å². The summed E-state index contributed by atoms with van der Waals surface area (Å²) < 4.78 is 10.6. The summed E-state index contributed by atoms with van der Waals surface area (Å²) in [6.07, 6.45) is 0. The quantitative estimate of drug-likeness (QED) is 0.297. The van der Waals surface area contributed by atoms with Gasteiger partial charge in [0.15, 0.2) is 5.17 Å². The summed E-state index contributed by atoms with van der Waals surface area (Å²) in [5, 5.41) is 4.86. The third-order valence-corrected chi connectivity index (χ3v) is 7.35. The molecule has 172 valence electrons. The summed E-state index contributed by atoms with van der Waals surface area (Å²) in [5.74, 6) is 0.442. The molecular formula is C26H23N3O3S2. The molecule has 0 bridgehead atoms. The molecule has 0 atom stereocenters. The number of carbonyl (C=O) groups is 1. The van der Waals surface area contributed by atoms with Crippen LogP contribution < -0.4 is 4.74 Å². The van der Waals surface area contributed by atoms with Gasteiger partial charge >= 0.3 is 5.97 Å². The van der Waals surface area contributed by atoms with Crippen LogP contribution >= 0.6 is 23.1 Å². The summed E-state index contributed by atoms with van der Waals surface area (Å²) in [5.41, 5.74) is 3.08. The van der Waals surface area contributed by atoms with Crippen LogP contribution in [-0.4, -0.2) is 34.7 Å². The lowest BCUT2D eigenvalue weighted by molar-refractivity contribution is 0.0601. The van der Waals surface area contributed by atoms with Crippen molar-refractivity contribution in [3.05, 3.63) is 82.0 Å². The van der Waals surface area contributed by atoms with E-state index < -0.39 is 5.97 Å². The molecule has 0 saturated carbocycles. The molecule has 0 N–H and O–H groups in total. The van der Waals surface area contributed by atoms with Gasteiger partial charge in [-0.25, -0.2) is 14.8 Å². The van der Waals surface area contributed by atoms with E-state index in [1.807, 2.05) is 43.3 Å². The highest BCUT2D eigenvalue weighted by atomic mass is 32.2. The first-order chi connectivity index (χ1) is 16.6. The van der Waals surface area contributed by atoms with Gasteiger partial charge in [-0.3, -0.25) is 0 Å². The number of hydrogen-bond donors (Lipinski definition) is 0. The third-order valence-electron chi connectivity index (χ3n) is 5.41. The van der Waals surface area contributed by atoms with E-state index in [1.54, 1.807) is 17.4 Å². The zero-order valence-electron chi connectivity index (χ0n) is 18.9. The van der Waals surface area contributed by atoms with Crippen LogP contribution in [0.4, 0.5) is 5.69 Å². The molecule has 1 aliphatic rings. The molecular weight excluding hydrogens is 466 g/mol. The van der Waals surface area contributed by atoms with Crippen LogP contribution in [0.15, 0.2) is 76.1 Å². The first-order valence-corrected chi connectivity index (χ1v) is 12.6. The number of carbonyl (C=O) groups excluding carboxylic acids is 1. The second-order valence-electron chi connectivity index (χ2n) is 7.68. The van der Waals surface area contributed by atoms with E-state index in [9.17, 15) is 4.79 Å². The molecule has 34 heavy (non-hydrogen) atoms. The first-order valence-electron chi connectivity index (χ1n) is 10.9. The van der Waals surface area contributed by atoms with Crippen molar-refractivity contribution in [3.63, 3.8) is 0 Å². The first kappa shape index (κ1) is 22.4. The lowest BCUT2D eigenvalue weighted by Crippen LogP contribution is -2.31. The maximum atomic E-state index is 12.3. The number of thiophene rings is 1. The number of benzene rings is 2. The van der Waals surface area contributed by atoms with Crippen LogP contribution in [0, 0.1) is 0 Å². The maximum Gasteiger partial charge on any atom is 0.340 e. The highest BCUT2D eigenvalue weighted by molar-refractivity contribution is 8.13. The van der Waals surface area contributed by atoms with Gasteiger partial charge in [-0.15, -0.1) is 11.3 Å². The van der Waals surface area contributed by atoms with Crippen molar-refractivity contribution >= 4 is 50.8 Å². The fraction of sp³-hybridized carbons (Fsp3) is 0.192. The zero-order valence-corrected chi connectivity index (χ0v) is 20.5. The van der Waals surface area contributed by atoms with E-state index in [4.69, 9.17) is 19.5 Å². The minimum Gasteiger partial charge on any atom is -0.494 e. The number of hydrogen-bond acceptors (Lipinski definition) is 7. The van der Waals surface area contributed by atoms with Gasteiger partial charge in [-0.2, -0.15) is 0 Å². The van der Waals surface area contributed by atoms with Crippen LogP contribution in [-0.2, 0) is 17.8 Å². The number of rotatable bonds is 6. The number of aliphatic imine (C=N–C) groups is 1. The molecule has 8 heteroatoms. The van der Waals surface area contributed by atoms with Crippen molar-refractivity contribution < 1.29 is 14.3 Å². The topological polar surface area (TPSA) is 64.0 Å². The maximum absolute atomic E-state index is 12.3. The van der Waals surface area contributed by atoms with Crippen LogP contribution in [0.3, 0.4) is 0 Å². The van der Waals surface area contributed by atoms with Crippen molar-refractivity contribution in [1.82, 2.24) is 9.88 Å². The average Bonchev–Trinajstić information content (AvgIpc) is 3.36. The Labute approximate surface area is 206 Å². The van der Waals surface area contributed by atoms with E-state index in [0.29, 0.717) is 24.4 Å². The van der Waals surface area contributed by atoms with E-state index in [-0.39, 0.29) is 0 Å². The summed E-state index contributed by atoms with van der Waals surface area (Å²) in [4.78, 5) is 25.6. The number of nitrogens with zero attached hydrogens (tertiary/aromatic N) is 3. The Kier molecular flexibility index (Phi) is 6.51. The molecule has 0 spiro atoms. The van der Waals surface area contributed by atoms with Gasteiger partial charge in [0.05, 0.1) is 37.0 Å². The molecule has 2 aromatic heterocycles. The van der Waals surface area contributed by atoms with Crippen LogP contribution in [0.5, 0.6) is 5.75 Å². The van der Waals surface area contributed by atoms with Crippen molar-refractivity contribution in [1.29, 1.82) is 0 Å². The van der Waals surface area contributed by atoms with Gasteiger partial charge < -0.3 is 14.4 Å². The lowest BCUT2D eigenvalue weighted by atomic mass is 10.1. The number of amidine groups is 1. The van der Waals surface area contributed by atoms with Crippen LogP contribution in [0.1, 0.15) is 27.7 Å². The fourth-order valence-electron chi connectivity index (χ4n) is 3.83. The Morgan fingerprint density at radius 3 is 2.82 bits per heavy atom. The van der Waals surface area contributed by atoms with Gasteiger partial charge in [0.2, 0.25) is 0 Å². The van der Waals surface area contributed by atoms with E-state index in [2.05, 4.69) is 28.5 Å². The van der Waals surface area contributed by atoms with Crippen LogP contribution in [0.2, 0.25) is 0 Å². The monoisotopic (exact) mass is 489 g/mol. The molecule has 0 radical (unpaired) electrons. The number of pyridine rings is 1. The molecule has 0 aliphatic carbocycles. The molecule has 4 aromatic rings. The number of ether oxygens (including phenoxy) is 2. The molecule has 3 heterocycles. The highest BCUT2D eigenvalue weighted by Gasteiger charge is 2.26. The minimum absolute atomic E-state index is 0.403. The number of para-hydroxylation sites is 1. The Morgan fingerprint density at radius 2 is 2.03 bits per heavy atom. The van der Waals surface area contributed by atoms with Crippen molar-refractivity contribution in [2.24, 2.45) is 4.99 Å². The molecule has 1 aliphatic heterocycles. The Balaban J connectivity index is 1.57. The lowest BCUT2D eigenvalue weighted by Gasteiger charge is -2.30. The van der Waals surface area contributed by atoms with Gasteiger partial charge in [0.1, 0.15) is 10.8 Å². The molecule has 0 saturated heterocycles. The molecule has 2 aromatic carbocycles. The largest absolute Gasteiger partial charge is 0.494 e. The molecule has 0 fully saturated rings.